The van der Waals surface area contributed by atoms with Crippen molar-refractivity contribution >= 4 is 23.0 Å². The van der Waals surface area contributed by atoms with Crippen LogP contribution in [0, 0.1) is 6.92 Å². The average Bonchev–Trinajstić information content (AvgIpc) is 3.09. The van der Waals surface area contributed by atoms with Crippen LogP contribution in [-0.2, 0) is 17.9 Å². The molecule has 30 heavy (non-hydrogen) atoms. The number of fused-ring (bicyclic) bond motifs is 1. The van der Waals surface area contributed by atoms with Crippen LogP contribution in [0.5, 0.6) is 0 Å². The second-order valence-electron chi connectivity index (χ2n) is 7.73. The Morgan fingerprint density at radius 1 is 0.933 bits per heavy atom. The Morgan fingerprint density at radius 2 is 1.57 bits per heavy atom. The molecular formula is C23H27N5O2. The van der Waals surface area contributed by atoms with Crippen molar-refractivity contribution in [3.8, 4) is 0 Å². The zero-order valence-electron chi connectivity index (χ0n) is 17.5. The molecule has 0 aliphatic carbocycles. The van der Waals surface area contributed by atoms with Gasteiger partial charge in [0, 0.05) is 39.8 Å². The normalized spacial score (nSPS) is 14.2. The van der Waals surface area contributed by atoms with Gasteiger partial charge in [-0.3, -0.25) is 4.79 Å². The lowest BCUT2D eigenvalue weighted by atomic mass is 10.2. The number of rotatable bonds is 4. The van der Waals surface area contributed by atoms with E-state index in [0.29, 0.717) is 32.7 Å². The van der Waals surface area contributed by atoms with E-state index in [0.717, 1.165) is 22.4 Å². The average molecular weight is 406 g/mol. The number of nitrogens with zero attached hydrogens (tertiary/aromatic N) is 5. The molecule has 0 bridgehead atoms. The minimum atomic E-state index is 0.00222. The van der Waals surface area contributed by atoms with E-state index in [4.69, 9.17) is 0 Å². The third kappa shape index (κ3) is 4.15. The van der Waals surface area contributed by atoms with Crippen LogP contribution >= 0.6 is 0 Å². The van der Waals surface area contributed by atoms with Gasteiger partial charge in [0.25, 0.3) is 0 Å². The number of aromatic nitrogens is 2. The molecule has 1 aromatic heterocycles. The second kappa shape index (κ2) is 8.57. The number of aryl methyl sites for hydroxylation is 1. The van der Waals surface area contributed by atoms with E-state index in [1.165, 1.54) is 0 Å². The molecule has 4 rings (SSSR count). The SMILES string of the molecule is Cc1nc2ccccc2n1CC(=O)N1CCN(C(=O)N(C)Cc2ccccc2)CC1. The van der Waals surface area contributed by atoms with Gasteiger partial charge in [0.05, 0.1) is 11.0 Å². The van der Waals surface area contributed by atoms with Gasteiger partial charge in [-0.2, -0.15) is 0 Å². The highest BCUT2D eigenvalue weighted by Gasteiger charge is 2.26. The van der Waals surface area contributed by atoms with Gasteiger partial charge < -0.3 is 19.3 Å². The number of piperazine rings is 1. The fraction of sp³-hybridized carbons (Fsp3) is 0.348. The van der Waals surface area contributed by atoms with Crippen LogP contribution in [-0.4, -0.2) is 69.4 Å². The van der Waals surface area contributed by atoms with E-state index in [2.05, 4.69) is 4.98 Å². The molecule has 1 fully saturated rings. The van der Waals surface area contributed by atoms with Crippen LogP contribution < -0.4 is 0 Å². The molecule has 2 heterocycles. The molecule has 1 aliphatic rings. The van der Waals surface area contributed by atoms with Crippen molar-refractivity contribution in [2.75, 3.05) is 33.2 Å². The highest BCUT2D eigenvalue weighted by molar-refractivity contribution is 5.81. The maximum absolute atomic E-state index is 12.9. The first-order valence-electron chi connectivity index (χ1n) is 10.3. The molecule has 1 saturated heterocycles. The van der Waals surface area contributed by atoms with Crippen LogP contribution in [0.1, 0.15) is 11.4 Å². The molecule has 3 aromatic rings. The predicted octanol–water partition coefficient (Wildman–Crippen LogP) is 2.74. The molecule has 0 atom stereocenters. The summed E-state index contributed by atoms with van der Waals surface area (Å²) in [4.78, 5) is 35.6. The maximum atomic E-state index is 12.9. The van der Waals surface area contributed by atoms with E-state index in [9.17, 15) is 9.59 Å². The predicted molar refractivity (Wildman–Crippen MR) is 116 cm³/mol. The molecule has 0 saturated carbocycles. The fourth-order valence-electron chi connectivity index (χ4n) is 3.94. The molecule has 3 amide bonds. The van der Waals surface area contributed by atoms with Gasteiger partial charge in [0.1, 0.15) is 12.4 Å². The van der Waals surface area contributed by atoms with Gasteiger partial charge in [-0.1, -0.05) is 42.5 Å². The quantitative estimate of drug-likeness (QED) is 0.671. The standard InChI is InChI=1S/C23H27N5O2/c1-18-24-20-10-6-7-11-21(20)28(18)17-22(29)26-12-14-27(15-13-26)23(30)25(2)16-19-8-4-3-5-9-19/h3-11H,12-17H2,1-2H3. The number of amides is 3. The first-order valence-corrected chi connectivity index (χ1v) is 10.3. The minimum Gasteiger partial charge on any atom is -0.338 e. The fourth-order valence-corrected chi connectivity index (χ4v) is 3.94. The van der Waals surface area contributed by atoms with Crippen LogP contribution in [0.15, 0.2) is 54.6 Å². The Balaban J connectivity index is 1.33. The number of carbonyl (C=O) groups is 2. The lowest BCUT2D eigenvalue weighted by molar-refractivity contribution is -0.133. The zero-order chi connectivity index (χ0) is 21.1. The Labute approximate surface area is 176 Å². The van der Waals surface area contributed by atoms with Gasteiger partial charge in [-0.05, 0) is 24.6 Å². The molecular weight excluding hydrogens is 378 g/mol. The van der Waals surface area contributed by atoms with Crippen molar-refractivity contribution in [2.24, 2.45) is 0 Å². The molecule has 0 radical (unpaired) electrons. The first-order chi connectivity index (χ1) is 14.5. The maximum Gasteiger partial charge on any atom is 0.320 e. The monoisotopic (exact) mass is 405 g/mol. The number of hydrogen-bond acceptors (Lipinski definition) is 3. The molecule has 156 valence electrons. The number of imidazole rings is 1. The topological polar surface area (TPSA) is 61.7 Å². The van der Waals surface area contributed by atoms with Gasteiger partial charge in [0.2, 0.25) is 5.91 Å². The van der Waals surface area contributed by atoms with E-state index in [1.807, 2.05) is 82.9 Å². The smallest absolute Gasteiger partial charge is 0.320 e. The Hall–Kier alpha value is -3.35. The number of carbonyl (C=O) groups excluding carboxylic acids is 2. The highest BCUT2D eigenvalue weighted by atomic mass is 16.2. The molecule has 0 spiro atoms. The van der Waals surface area contributed by atoms with Crippen LogP contribution in [0.3, 0.4) is 0 Å². The van der Waals surface area contributed by atoms with Crippen molar-refractivity contribution in [2.45, 2.75) is 20.0 Å². The van der Waals surface area contributed by atoms with Crippen molar-refractivity contribution in [1.82, 2.24) is 24.3 Å². The second-order valence-corrected chi connectivity index (χ2v) is 7.73. The number of para-hydroxylation sites is 2. The third-order valence-corrected chi connectivity index (χ3v) is 5.63. The van der Waals surface area contributed by atoms with E-state index in [1.54, 1.807) is 4.90 Å². The van der Waals surface area contributed by atoms with Gasteiger partial charge in [-0.15, -0.1) is 0 Å². The molecule has 7 heteroatoms. The van der Waals surface area contributed by atoms with Crippen molar-refractivity contribution in [3.63, 3.8) is 0 Å². The van der Waals surface area contributed by atoms with Gasteiger partial charge >= 0.3 is 6.03 Å². The Bertz CT molecular complexity index is 1040. The molecule has 1 aliphatic heterocycles. The number of benzene rings is 2. The summed E-state index contributed by atoms with van der Waals surface area (Å²) in [5, 5.41) is 0. The Kier molecular flexibility index (Phi) is 5.70. The van der Waals surface area contributed by atoms with Crippen LogP contribution in [0.4, 0.5) is 4.79 Å². The van der Waals surface area contributed by atoms with Crippen LogP contribution in [0.2, 0.25) is 0 Å². The summed E-state index contributed by atoms with van der Waals surface area (Å²) in [6.45, 7) is 4.97. The highest BCUT2D eigenvalue weighted by Crippen LogP contribution is 2.16. The van der Waals surface area contributed by atoms with E-state index < -0.39 is 0 Å². The summed E-state index contributed by atoms with van der Waals surface area (Å²) in [5.74, 6) is 0.895. The van der Waals surface area contributed by atoms with Crippen molar-refractivity contribution in [1.29, 1.82) is 0 Å². The number of urea groups is 1. The van der Waals surface area contributed by atoms with Crippen LogP contribution in [0.25, 0.3) is 11.0 Å². The van der Waals surface area contributed by atoms with Gasteiger partial charge in [0.15, 0.2) is 0 Å². The first kappa shape index (κ1) is 19.9. The summed E-state index contributed by atoms with van der Waals surface area (Å²) >= 11 is 0. The lowest BCUT2D eigenvalue weighted by Gasteiger charge is -2.36. The minimum absolute atomic E-state index is 0.00222. The third-order valence-electron chi connectivity index (χ3n) is 5.63. The number of hydrogen-bond donors (Lipinski definition) is 0. The summed E-state index contributed by atoms with van der Waals surface area (Å²) in [5.41, 5.74) is 2.98. The largest absolute Gasteiger partial charge is 0.338 e. The summed E-state index contributed by atoms with van der Waals surface area (Å²) in [6, 6.07) is 17.8. The molecule has 7 nitrogen and oxygen atoms in total. The zero-order valence-corrected chi connectivity index (χ0v) is 17.5. The summed E-state index contributed by atoms with van der Waals surface area (Å²) in [7, 11) is 1.82. The molecule has 0 N–H and O–H groups in total. The van der Waals surface area contributed by atoms with Crippen molar-refractivity contribution in [3.05, 3.63) is 66.0 Å². The van der Waals surface area contributed by atoms with E-state index in [-0.39, 0.29) is 18.5 Å². The Morgan fingerprint density at radius 3 is 2.30 bits per heavy atom. The summed E-state index contributed by atoms with van der Waals surface area (Å²) in [6.07, 6.45) is 0. The molecule has 2 aromatic carbocycles. The summed E-state index contributed by atoms with van der Waals surface area (Å²) < 4.78 is 1.96. The molecule has 0 unspecified atom stereocenters. The van der Waals surface area contributed by atoms with E-state index >= 15 is 0 Å². The van der Waals surface area contributed by atoms with Crippen molar-refractivity contribution < 1.29 is 9.59 Å². The van der Waals surface area contributed by atoms with Gasteiger partial charge in [-0.25, -0.2) is 9.78 Å². The lowest BCUT2D eigenvalue weighted by Crippen LogP contribution is -2.53.